The number of alkyl halides is 3. The van der Waals surface area contributed by atoms with Crippen molar-refractivity contribution in [2.75, 3.05) is 6.54 Å². The van der Waals surface area contributed by atoms with E-state index in [1.807, 2.05) is 50.2 Å². The molecule has 1 heterocycles. The van der Waals surface area contributed by atoms with Gasteiger partial charge in [-0.1, -0.05) is 62.4 Å². The van der Waals surface area contributed by atoms with Crippen molar-refractivity contribution in [3.8, 4) is 0 Å². The van der Waals surface area contributed by atoms with E-state index in [-0.39, 0.29) is 35.8 Å². The Kier molecular flexibility index (Phi) is 7.24. The van der Waals surface area contributed by atoms with Crippen LogP contribution in [-0.4, -0.2) is 22.0 Å². The number of carbonyl (C=O) groups is 1. The first-order chi connectivity index (χ1) is 17.1. The summed E-state index contributed by atoms with van der Waals surface area (Å²) in [5, 5.41) is 3.01. The van der Waals surface area contributed by atoms with E-state index in [0.29, 0.717) is 11.4 Å². The highest BCUT2D eigenvalue weighted by Gasteiger charge is 2.31. The number of rotatable bonds is 7. The van der Waals surface area contributed by atoms with Crippen molar-refractivity contribution in [2.24, 2.45) is 5.92 Å². The summed E-state index contributed by atoms with van der Waals surface area (Å²) in [7, 11) is 0. The van der Waals surface area contributed by atoms with Crippen molar-refractivity contribution in [3.05, 3.63) is 112 Å². The lowest BCUT2D eigenvalue weighted by Crippen LogP contribution is -2.35. The molecule has 8 heteroatoms. The van der Waals surface area contributed by atoms with Gasteiger partial charge in [-0.25, -0.2) is 4.98 Å². The van der Waals surface area contributed by atoms with Gasteiger partial charge in [-0.15, -0.1) is 0 Å². The summed E-state index contributed by atoms with van der Waals surface area (Å²) in [4.78, 5) is 30.8. The Balaban J connectivity index is 1.81. The minimum absolute atomic E-state index is 0.0193. The zero-order valence-corrected chi connectivity index (χ0v) is 19.9. The Morgan fingerprint density at radius 1 is 0.972 bits per heavy atom. The first-order valence-corrected chi connectivity index (χ1v) is 11.6. The predicted molar refractivity (Wildman–Crippen MR) is 133 cm³/mol. The normalized spacial score (nSPS) is 12.6. The average Bonchev–Trinajstić information content (AvgIpc) is 2.86. The van der Waals surface area contributed by atoms with Gasteiger partial charge in [0.15, 0.2) is 0 Å². The van der Waals surface area contributed by atoms with Crippen LogP contribution in [0.5, 0.6) is 0 Å². The maximum absolute atomic E-state index is 13.6. The number of aromatic nitrogens is 2. The van der Waals surface area contributed by atoms with Crippen LogP contribution in [0, 0.1) is 5.92 Å². The summed E-state index contributed by atoms with van der Waals surface area (Å²) in [6, 6.07) is 21.0. The number of benzene rings is 3. The number of halogens is 3. The van der Waals surface area contributed by atoms with E-state index in [4.69, 9.17) is 0 Å². The Labute approximate surface area is 206 Å². The van der Waals surface area contributed by atoms with Gasteiger partial charge in [0.25, 0.3) is 11.5 Å². The van der Waals surface area contributed by atoms with E-state index < -0.39 is 23.2 Å². The van der Waals surface area contributed by atoms with Gasteiger partial charge in [0.1, 0.15) is 5.82 Å². The van der Waals surface area contributed by atoms with Crippen LogP contribution in [0.4, 0.5) is 13.2 Å². The van der Waals surface area contributed by atoms with Crippen LogP contribution in [0.15, 0.2) is 83.7 Å². The van der Waals surface area contributed by atoms with Crippen LogP contribution in [0.25, 0.3) is 10.9 Å². The first kappa shape index (κ1) is 25.2. The molecule has 0 saturated carbocycles. The number of nitrogens with zero attached hydrogens (tertiary/aromatic N) is 2. The van der Waals surface area contributed by atoms with Crippen LogP contribution in [0.1, 0.15) is 47.1 Å². The molecular weight excluding hydrogens is 467 g/mol. The van der Waals surface area contributed by atoms with E-state index in [1.54, 1.807) is 24.3 Å². The van der Waals surface area contributed by atoms with Gasteiger partial charge in [0.2, 0.25) is 0 Å². The molecular formula is C28H26F3N3O2. The van der Waals surface area contributed by atoms with E-state index in [0.717, 1.165) is 17.7 Å². The van der Waals surface area contributed by atoms with Crippen LogP contribution in [0.2, 0.25) is 0 Å². The number of fused-ring (bicyclic) bond motifs is 1. The number of carbonyl (C=O) groups excluding carboxylic acids is 1. The maximum Gasteiger partial charge on any atom is 0.416 e. The molecule has 3 aromatic carbocycles. The Hall–Kier alpha value is -3.94. The third-order valence-electron chi connectivity index (χ3n) is 6.15. The Bertz CT molecular complexity index is 1420. The van der Waals surface area contributed by atoms with Gasteiger partial charge in [-0.3, -0.25) is 14.2 Å². The van der Waals surface area contributed by atoms with Crippen LogP contribution in [0.3, 0.4) is 0 Å². The molecule has 5 nitrogen and oxygen atoms in total. The summed E-state index contributed by atoms with van der Waals surface area (Å²) >= 11 is 0. The fourth-order valence-corrected chi connectivity index (χ4v) is 4.14. The average molecular weight is 494 g/mol. The van der Waals surface area contributed by atoms with E-state index in [1.165, 1.54) is 10.6 Å². The van der Waals surface area contributed by atoms with Crippen molar-refractivity contribution in [3.63, 3.8) is 0 Å². The van der Waals surface area contributed by atoms with Gasteiger partial charge < -0.3 is 5.32 Å². The molecule has 0 aliphatic rings. The quantitative estimate of drug-likeness (QED) is 0.363. The second-order valence-electron chi connectivity index (χ2n) is 9.00. The molecule has 0 saturated heterocycles. The Morgan fingerprint density at radius 2 is 1.61 bits per heavy atom. The smallest absolute Gasteiger partial charge is 0.351 e. The van der Waals surface area contributed by atoms with Gasteiger partial charge in [-0.05, 0) is 41.8 Å². The van der Waals surface area contributed by atoms with Gasteiger partial charge >= 0.3 is 6.18 Å². The molecule has 36 heavy (non-hydrogen) atoms. The van der Waals surface area contributed by atoms with E-state index >= 15 is 0 Å². The predicted octanol–water partition coefficient (Wildman–Crippen LogP) is 5.63. The minimum atomic E-state index is -4.56. The number of hydrogen-bond acceptors (Lipinski definition) is 3. The Morgan fingerprint density at radius 3 is 2.22 bits per heavy atom. The maximum atomic E-state index is 13.6. The van der Waals surface area contributed by atoms with Gasteiger partial charge in [0, 0.05) is 18.0 Å². The molecule has 4 rings (SSSR count). The molecule has 1 N–H and O–H groups in total. The fourth-order valence-electron chi connectivity index (χ4n) is 4.14. The third-order valence-corrected chi connectivity index (χ3v) is 6.15. The molecule has 1 unspecified atom stereocenters. The SMILES string of the molecule is CC(C)C(CNC(=O)c1ccccc1)c1nc2cc(C(F)(F)F)ccc2c(=O)n1Cc1ccccc1. The first-order valence-electron chi connectivity index (χ1n) is 11.6. The highest BCUT2D eigenvalue weighted by Crippen LogP contribution is 2.31. The monoisotopic (exact) mass is 493 g/mol. The lowest BCUT2D eigenvalue weighted by Gasteiger charge is -2.25. The second kappa shape index (κ2) is 10.4. The van der Waals surface area contributed by atoms with Crippen molar-refractivity contribution in [2.45, 2.75) is 32.5 Å². The van der Waals surface area contributed by atoms with E-state index in [2.05, 4.69) is 10.3 Å². The highest BCUT2D eigenvalue weighted by atomic mass is 19.4. The molecule has 1 aromatic heterocycles. The molecule has 0 spiro atoms. The van der Waals surface area contributed by atoms with Crippen LogP contribution in [-0.2, 0) is 12.7 Å². The molecule has 1 amide bonds. The molecule has 4 aromatic rings. The zero-order chi connectivity index (χ0) is 25.9. The summed E-state index contributed by atoms with van der Waals surface area (Å²) in [5.41, 5.74) is 0.0293. The third kappa shape index (κ3) is 5.48. The van der Waals surface area contributed by atoms with E-state index in [9.17, 15) is 22.8 Å². The second-order valence-corrected chi connectivity index (χ2v) is 9.00. The fraction of sp³-hybridized carbons (Fsp3) is 0.250. The molecule has 1 atom stereocenters. The largest absolute Gasteiger partial charge is 0.416 e. The van der Waals surface area contributed by atoms with Gasteiger partial charge in [-0.2, -0.15) is 13.2 Å². The van der Waals surface area contributed by atoms with Crippen molar-refractivity contribution in [1.29, 1.82) is 0 Å². The topological polar surface area (TPSA) is 64.0 Å². The standard InChI is InChI=1S/C28H26F3N3O2/c1-18(2)23(16-32-26(35)20-11-7-4-8-12-20)25-33-24-15-21(28(29,30)31)13-14-22(24)27(36)34(25)17-19-9-5-3-6-10-19/h3-15,18,23H,16-17H2,1-2H3,(H,32,35). The highest BCUT2D eigenvalue weighted by molar-refractivity contribution is 5.94. The molecule has 0 radical (unpaired) electrons. The number of hydrogen-bond donors (Lipinski definition) is 1. The van der Waals surface area contributed by atoms with Crippen LogP contribution >= 0.6 is 0 Å². The summed E-state index contributed by atoms with van der Waals surface area (Å²) < 4.78 is 41.7. The molecule has 0 aliphatic carbocycles. The number of nitrogens with one attached hydrogen (secondary N) is 1. The molecule has 0 fully saturated rings. The molecule has 186 valence electrons. The lowest BCUT2D eigenvalue weighted by atomic mass is 9.93. The lowest BCUT2D eigenvalue weighted by molar-refractivity contribution is -0.137. The summed E-state index contributed by atoms with van der Waals surface area (Å²) in [5.74, 6) is -0.441. The zero-order valence-electron chi connectivity index (χ0n) is 19.9. The summed E-state index contributed by atoms with van der Waals surface area (Å²) in [6.07, 6.45) is -4.56. The molecule has 0 aliphatic heterocycles. The van der Waals surface area contributed by atoms with Crippen molar-refractivity contribution in [1.82, 2.24) is 14.9 Å². The van der Waals surface area contributed by atoms with Crippen molar-refractivity contribution >= 4 is 16.8 Å². The van der Waals surface area contributed by atoms with Crippen molar-refractivity contribution < 1.29 is 18.0 Å². The molecule has 0 bridgehead atoms. The number of amides is 1. The summed E-state index contributed by atoms with van der Waals surface area (Å²) in [6.45, 7) is 4.22. The van der Waals surface area contributed by atoms with Gasteiger partial charge in [0.05, 0.1) is 23.0 Å². The van der Waals surface area contributed by atoms with Crippen LogP contribution < -0.4 is 10.9 Å². The minimum Gasteiger partial charge on any atom is -0.351 e.